The van der Waals surface area contributed by atoms with Crippen molar-refractivity contribution in [2.75, 3.05) is 18.0 Å². The Kier molecular flexibility index (Phi) is 3.90. The first kappa shape index (κ1) is 16.1. The van der Waals surface area contributed by atoms with Crippen LogP contribution >= 0.6 is 0 Å². The second kappa shape index (κ2) is 6.55. The number of benzene rings is 1. The molecule has 1 saturated heterocycles. The zero-order valence-corrected chi connectivity index (χ0v) is 14.7. The fraction of sp³-hybridized carbons (Fsp3) is 0.316. The maximum Gasteiger partial charge on any atom is 0.221 e. The third-order valence-corrected chi connectivity index (χ3v) is 5.00. The van der Waals surface area contributed by atoms with Gasteiger partial charge in [-0.2, -0.15) is 0 Å². The standard InChI is InChI=1S/C19H19N7O/c27-15-5-8-25(9-6-15)17-11-21-18-19(22-17)26(24-23-18)12-13-3-4-16-14(10-13)2-1-7-20-16/h1-4,7,10-11,15,27H,5-6,8-9,12H2. The van der Waals surface area contributed by atoms with Crippen LogP contribution in [0.4, 0.5) is 5.82 Å². The lowest BCUT2D eigenvalue weighted by atomic mass is 10.1. The van der Waals surface area contributed by atoms with E-state index < -0.39 is 0 Å². The van der Waals surface area contributed by atoms with Gasteiger partial charge in [-0.15, -0.1) is 5.10 Å². The lowest BCUT2D eigenvalue weighted by Crippen LogP contribution is -2.36. The molecule has 0 atom stereocenters. The number of pyridine rings is 1. The largest absolute Gasteiger partial charge is 0.393 e. The summed E-state index contributed by atoms with van der Waals surface area (Å²) in [5.41, 5.74) is 3.29. The normalized spacial score (nSPS) is 15.7. The van der Waals surface area contributed by atoms with Gasteiger partial charge < -0.3 is 10.0 Å². The molecule has 4 heterocycles. The van der Waals surface area contributed by atoms with E-state index in [-0.39, 0.29) is 6.10 Å². The summed E-state index contributed by atoms with van der Waals surface area (Å²) < 4.78 is 1.78. The Labute approximate surface area is 155 Å². The minimum atomic E-state index is -0.215. The van der Waals surface area contributed by atoms with Gasteiger partial charge in [0, 0.05) is 24.7 Å². The highest BCUT2D eigenvalue weighted by Gasteiger charge is 2.19. The van der Waals surface area contributed by atoms with Crippen molar-refractivity contribution in [2.24, 2.45) is 0 Å². The summed E-state index contributed by atoms with van der Waals surface area (Å²) in [5, 5.41) is 19.2. The van der Waals surface area contributed by atoms with Gasteiger partial charge in [-0.3, -0.25) is 4.98 Å². The van der Waals surface area contributed by atoms with Crippen LogP contribution in [0.3, 0.4) is 0 Å². The summed E-state index contributed by atoms with van der Waals surface area (Å²) in [6.45, 7) is 2.12. The van der Waals surface area contributed by atoms with Gasteiger partial charge in [-0.1, -0.05) is 17.3 Å². The van der Waals surface area contributed by atoms with Gasteiger partial charge in [0.25, 0.3) is 0 Å². The van der Waals surface area contributed by atoms with E-state index in [9.17, 15) is 5.11 Å². The molecule has 1 fully saturated rings. The lowest BCUT2D eigenvalue weighted by molar-refractivity contribution is 0.145. The van der Waals surface area contributed by atoms with Crippen molar-refractivity contribution in [2.45, 2.75) is 25.5 Å². The fourth-order valence-electron chi connectivity index (χ4n) is 3.50. The maximum absolute atomic E-state index is 9.70. The molecule has 4 aromatic rings. The zero-order valence-electron chi connectivity index (χ0n) is 14.7. The van der Waals surface area contributed by atoms with Crippen LogP contribution in [0, 0.1) is 0 Å². The van der Waals surface area contributed by atoms with Gasteiger partial charge in [-0.25, -0.2) is 14.6 Å². The number of hydrogen-bond donors (Lipinski definition) is 1. The van der Waals surface area contributed by atoms with E-state index >= 15 is 0 Å². The minimum absolute atomic E-state index is 0.215. The van der Waals surface area contributed by atoms with Gasteiger partial charge >= 0.3 is 0 Å². The molecule has 0 unspecified atom stereocenters. The van der Waals surface area contributed by atoms with Crippen molar-refractivity contribution in [3.05, 3.63) is 48.3 Å². The van der Waals surface area contributed by atoms with E-state index in [1.165, 1.54) is 0 Å². The maximum atomic E-state index is 9.70. The Morgan fingerprint density at radius 3 is 2.89 bits per heavy atom. The van der Waals surface area contributed by atoms with Crippen molar-refractivity contribution in [1.29, 1.82) is 0 Å². The van der Waals surface area contributed by atoms with Crippen LogP contribution in [0.25, 0.3) is 22.2 Å². The Morgan fingerprint density at radius 2 is 2.00 bits per heavy atom. The second-order valence-corrected chi connectivity index (χ2v) is 6.87. The van der Waals surface area contributed by atoms with Crippen molar-refractivity contribution in [1.82, 2.24) is 29.9 Å². The number of nitrogens with zero attached hydrogens (tertiary/aromatic N) is 7. The summed E-state index contributed by atoms with van der Waals surface area (Å²) in [7, 11) is 0. The van der Waals surface area contributed by atoms with Crippen LogP contribution < -0.4 is 4.90 Å². The summed E-state index contributed by atoms with van der Waals surface area (Å²) in [6, 6.07) is 10.2. The molecular formula is C19H19N7O. The van der Waals surface area contributed by atoms with Crippen LogP contribution in [0.15, 0.2) is 42.7 Å². The van der Waals surface area contributed by atoms with Crippen molar-refractivity contribution in [3.8, 4) is 0 Å². The smallest absolute Gasteiger partial charge is 0.221 e. The van der Waals surface area contributed by atoms with E-state index in [2.05, 4.69) is 31.2 Å². The third kappa shape index (κ3) is 3.08. The number of rotatable bonds is 3. The SMILES string of the molecule is OC1CCN(c2cnc3nnn(Cc4ccc5ncccc5c4)c3n2)CC1. The van der Waals surface area contributed by atoms with E-state index in [1.54, 1.807) is 17.1 Å². The van der Waals surface area contributed by atoms with E-state index in [1.807, 2.05) is 24.3 Å². The molecule has 3 aromatic heterocycles. The Morgan fingerprint density at radius 1 is 1.11 bits per heavy atom. The summed E-state index contributed by atoms with van der Waals surface area (Å²) >= 11 is 0. The molecule has 0 amide bonds. The molecule has 8 heteroatoms. The molecule has 0 aliphatic carbocycles. The lowest BCUT2D eigenvalue weighted by Gasteiger charge is -2.30. The molecule has 0 spiro atoms. The molecule has 27 heavy (non-hydrogen) atoms. The molecule has 0 bridgehead atoms. The number of aliphatic hydroxyl groups is 1. The highest BCUT2D eigenvalue weighted by Crippen LogP contribution is 2.20. The Bertz CT molecular complexity index is 1100. The predicted octanol–water partition coefficient (Wildman–Crippen LogP) is 1.78. The monoisotopic (exact) mass is 361 g/mol. The number of hydrogen-bond acceptors (Lipinski definition) is 7. The molecule has 1 aliphatic heterocycles. The molecule has 8 nitrogen and oxygen atoms in total. The van der Waals surface area contributed by atoms with Crippen LogP contribution in [-0.4, -0.2) is 54.2 Å². The Balaban J connectivity index is 1.46. The highest BCUT2D eigenvalue weighted by molar-refractivity contribution is 5.79. The van der Waals surface area contributed by atoms with Gasteiger partial charge in [0.2, 0.25) is 5.65 Å². The highest BCUT2D eigenvalue weighted by atomic mass is 16.3. The molecule has 1 aromatic carbocycles. The first-order valence-corrected chi connectivity index (χ1v) is 9.09. The number of anilines is 1. The zero-order chi connectivity index (χ0) is 18.2. The van der Waals surface area contributed by atoms with Crippen LogP contribution in [0.2, 0.25) is 0 Å². The van der Waals surface area contributed by atoms with Crippen LogP contribution in [0.5, 0.6) is 0 Å². The summed E-state index contributed by atoms with van der Waals surface area (Å²) in [4.78, 5) is 15.7. The fourth-order valence-corrected chi connectivity index (χ4v) is 3.50. The summed E-state index contributed by atoms with van der Waals surface area (Å²) in [5.74, 6) is 0.806. The van der Waals surface area contributed by atoms with E-state index in [4.69, 9.17) is 4.98 Å². The quantitative estimate of drug-likeness (QED) is 0.594. The minimum Gasteiger partial charge on any atom is -0.393 e. The first-order valence-electron chi connectivity index (χ1n) is 9.09. The third-order valence-electron chi connectivity index (χ3n) is 5.00. The summed E-state index contributed by atoms with van der Waals surface area (Å²) in [6.07, 6.45) is 4.82. The molecule has 5 rings (SSSR count). The molecular weight excluding hydrogens is 342 g/mol. The molecule has 1 N–H and O–H groups in total. The average Bonchev–Trinajstić information content (AvgIpc) is 3.10. The van der Waals surface area contributed by atoms with E-state index in [0.29, 0.717) is 17.8 Å². The van der Waals surface area contributed by atoms with Crippen LogP contribution in [0.1, 0.15) is 18.4 Å². The van der Waals surface area contributed by atoms with Crippen molar-refractivity contribution in [3.63, 3.8) is 0 Å². The second-order valence-electron chi connectivity index (χ2n) is 6.87. The first-order chi connectivity index (χ1) is 13.3. The van der Waals surface area contributed by atoms with E-state index in [0.717, 1.165) is 48.2 Å². The van der Waals surface area contributed by atoms with Gasteiger partial charge in [0.15, 0.2) is 5.65 Å². The number of aliphatic hydroxyl groups excluding tert-OH is 1. The van der Waals surface area contributed by atoms with Gasteiger partial charge in [0.05, 0.1) is 24.4 Å². The van der Waals surface area contributed by atoms with Gasteiger partial charge in [-0.05, 0) is 36.6 Å². The Hall–Kier alpha value is -3.13. The average molecular weight is 361 g/mol. The molecule has 0 radical (unpaired) electrons. The molecule has 0 saturated carbocycles. The van der Waals surface area contributed by atoms with Gasteiger partial charge in [0.1, 0.15) is 5.82 Å². The number of piperidine rings is 1. The number of aromatic nitrogens is 6. The predicted molar refractivity (Wildman–Crippen MR) is 101 cm³/mol. The topological polar surface area (TPSA) is 92.8 Å². The van der Waals surface area contributed by atoms with Crippen molar-refractivity contribution >= 4 is 28.0 Å². The number of fused-ring (bicyclic) bond motifs is 2. The van der Waals surface area contributed by atoms with Crippen molar-refractivity contribution < 1.29 is 5.11 Å². The van der Waals surface area contributed by atoms with Crippen LogP contribution in [-0.2, 0) is 6.54 Å². The molecule has 1 aliphatic rings. The molecule has 136 valence electrons.